The zero-order valence-corrected chi connectivity index (χ0v) is 10.7. The predicted octanol–water partition coefficient (Wildman–Crippen LogP) is 2.12. The smallest absolute Gasteiger partial charge is 0.223 e. The Labute approximate surface area is 108 Å². The Kier molecular flexibility index (Phi) is 6.40. The van der Waals surface area contributed by atoms with Crippen LogP contribution in [0, 0.1) is 0 Å². The van der Waals surface area contributed by atoms with Crippen molar-refractivity contribution in [3.63, 3.8) is 0 Å². The molecule has 0 saturated carbocycles. The van der Waals surface area contributed by atoms with Gasteiger partial charge in [-0.15, -0.1) is 0 Å². The van der Waals surface area contributed by atoms with Gasteiger partial charge in [0, 0.05) is 18.3 Å². The maximum absolute atomic E-state index is 11.4. The van der Waals surface area contributed by atoms with Crippen molar-refractivity contribution >= 4 is 11.6 Å². The van der Waals surface area contributed by atoms with E-state index in [0.29, 0.717) is 31.0 Å². The molecule has 4 heteroatoms. The lowest BCUT2D eigenvalue weighted by molar-refractivity contribution is -0.121. The minimum Gasteiger partial charge on any atom is -0.493 e. The van der Waals surface area contributed by atoms with E-state index in [1.54, 1.807) is 12.1 Å². The number of nitrogens with one attached hydrogen (secondary N) is 1. The Morgan fingerprint density at radius 1 is 1.50 bits per heavy atom. The van der Waals surface area contributed by atoms with E-state index in [9.17, 15) is 4.79 Å². The molecule has 0 aliphatic heterocycles. The largest absolute Gasteiger partial charge is 0.493 e. The number of nitrogens with two attached hydrogens (primary N) is 1. The molecular formula is C14H20N2O2. The number of allylic oxidation sites excluding steroid dienone is 1. The molecule has 98 valence electrons. The van der Waals surface area contributed by atoms with Crippen LogP contribution in [0.1, 0.15) is 19.8 Å². The maximum Gasteiger partial charge on any atom is 0.223 e. The van der Waals surface area contributed by atoms with E-state index >= 15 is 0 Å². The van der Waals surface area contributed by atoms with Crippen LogP contribution in [0.4, 0.5) is 5.69 Å². The van der Waals surface area contributed by atoms with Crippen molar-refractivity contribution in [1.82, 2.24) is 5.32 Å². The van der Waals surface area contributed by atoms with E-state index in [-0.39, 0.29) is 5.91 Å². The lowest BCUT2D eigenvalue weighted by atomic mass is 10.3. The topological polar surface area (TPSA) is 64.3 Å². The molecule has 0 radical (unpaired) electrons. The second kappa shape index (κ2) is 8.17. The van der Waals surface area contributed by atoms with Crippen LogP contribution in [-0.2, 0) is 4.79 Å². The van der Waals surface area contributed by atoms with E-state index in [1.165, 1.54) is 0 Å². The SMILES string of the molecule is C/C=C/CCNC(=O)CCOc1cccc(N)c1. The van der Waals surface area contributed by atoms with Crippen molar-refractivity contribution in [2.75, 3.05) is 18.9 Å². The summed E-state index contributed by atoms with van der Waals surface area (Å²) in [6.07, 6.45) is 5.20. The van der Waals surface area contributed by atoms with Crippen LogP contribution in [0.2, 0.25) is 0 Å². The Morgan fingerprint density at radius 2 is 2.33 bits per heavy atom. The first-order valence-electron chi connectivity index (χ1n) is 6.08. The summed E-state index contributed by atoms with van der Waals surface area (Å²) in [6.45, 7) is 2.99. The van der Waals surface area contributed by atoms with Gasteiger partial charge in [-0.05, 0) is 25.5 Å². The van der Waals surface area contributed by atoms with Crippen molar-refractivity contribution in [2.24, 2.45) is 0 Å². The van der Waals surface area contributed by atoms with Crippen molar-refractivity contribution < 1.29 is 9.53 Å². The van der Waals surface area contributed by atoms with E-state index in [0.717, 1.165) is 6.42 Å². The van der Waals surface area contributed by atoms with E-state index in [1.807, 2.05) is 31.2 Å². The van der Waals surface area contributed by atoms with Crippen molar-refractivity contribution in [3.8, 4) is 5.75 Å². The second-order valence-electron chi connectivity index (χ2n) is 3.88. The van der Waals surface area contributed by atoms with Crippen LogP contribution in [-0.4, -0.2) is 19.1 Å². The van der Waals surface area contributed by atoms with Crippen LogP contribution >= 0.6 is 0 Å². The van der Waals surface area contributed by atoms with Gasteiger partial charge in [-0.25, -0.2) is 0 Å². The number of carbonyl (C=O) groups excluding carboxylic acids is 1. The highest BCUT2D eigenvalue weighted by Crippen LogP contribution is 2.14. The van der Waals surface area contributed by atoms with Gasteiger partial charge < -0.3 is 15.8 Å². The van der Waals surface area contributed by atoms with Crippen LogP contribution in [0.15, 0.2) is 36.4 Å². The molecule has 0 aliphatic rings. The first-order valence-corrected chi connectivity index (χ1v) is 6.08. The Morgan fingerprint density at radius 3 is 3.06 bits per heavy atom. The van der Waals surface area contributed by atoms with Gasteiger partial charge in [0.15, 0.2) is 0 Å². The third-order valence-electron chi connectivity index (χ3n) is 2.32. The molecule has 0 atom stereocenters. The quantitative estimate of drug-likeness (QED) is 0.441. The summed E-state index contributed by atoms with van der Waals surface area (Å²) in [5, 5.41) is 2.82. The first-order chi connectivity index (χ1) is 8.72. The molecule has 18 heavy (non-hydrogen) atoms. The summed E-state index contributed by atoms with van der Waals surface area (Å²) >= 11 is 0. The molecule has 3 N–H and O–H groups in total. The molecule has 0 aromatic heterocycles. The van der Waals surface area contributed by atoms with Crippen molar-refractivity contribution in [3.05, 3.63) is 36.4 Å². The fourth-order valence-electron chi connectivity index (χ4n) is 1.42. The lowest BCUT2D eigenvalue weighted by Crippen LogP contribution is -2.25. The molecule has 0 unspecified atom stereocenters. The summed E-state index contributed by atoms with van der Waals surface area (Å²) < 4.78 is 5.43. The molecular weight excluding hydrogens is 228 g/mol. The maximum atomic E-state index is 11.4. The minimum atomic E-state index is 0.00315. The zero-order chi connectivity index (χ0) is 13.2. The van der Waals surface area contributed by atoms with Gasteiger partial charge >= 0.3 is 0 Å². The standard InChI is InChI=1S/C14H20N2O2/c1-2-3-4-9-16-14(17)8-10-18-13-7-5-6-12(15)11-13/h2-3,5-7,11H,4,8-10,15H2,1H3,(H,16,17)/b3-2+. The molecule has 0 aliphatic carbocycles. The zero-order valence-electron chi connectivity index (χ0n) is 10.7. The molecule has 1 aromatic carbocycles. The van der Waals surface area contributed by atoms with Crippen molar-refractivity contribution in [2.45, 2.75) is 19.8 Å². The van der Waals surface area contributed by atoms with Gasteiger partial charge in [0.2, 0.25) is 5.91 Å². The lowest BCUT2D eigenvalue weighted by Gasteiger charge is -2.07. The molecule has 0 saturated heterocycles. The molecule has 0 heterocycles. The number of amides is 1. The molecule has 1 amide bonds. The molecule has 0 spiro atoms. The molecule has 4 nitrogen and oxygen atoms in total. The van der Waals surface area contributed by atoms with E-state index < -0.39 is 0 Å². The van der Waals surface area contributed by atoms with Gasteiger partial charge in [-0.3, -0.25) is 4.79 Å². The number of hydrogen-bond acceptors (Lipinski definition) is 3. The number of nitrogen functional groups attached to an aromatic ring is 1. The summed E-state index contributed by atoms with van der Waals surface area (Å²) in [5.74, 6) is 0.695. The van der Waals surface area contributed by atoms with Gasteiger partial charge in [0.1, 0.15) is 5.75 Å². The van der Waals surface area contributed by atoms with E-state index in [2.05, 4.69) is 5.32 Å². The molecule has 1 rings (SSSR count). The summed E-state index contributed by atoms with van der Waals surface area (Å²) in [5.41, 5.74) is 6.27. The number of benzene rings is 1. The highest BCUT2D eigenvalue weighted by atomic mass is 16.5. The van der Waals surface area contributed by atoms with E-state index in [4.69, 9.17) is 10.5 Å². The van der Waals surface area contributed by atoms with Crippen LogP contribution in [0.3, 0.4) is 0 Å². The summed E-state index contributed by atoms with van der Waals surface area (Å²) in [7, 11) is 0. The van der Waals surface area contributed by atoms with Crippen LogP contribution in [0.25, 0.3) is 0 Å². The highest BCUT2D eigenvalue weighted by Gasteiger charge is 2.01. The Hall–Kier alpha value is -1.97. The first kappa shape index (κ1) is 14.1. The van der Waals surface area contributed by atoms with Gasteiger partial charge in [-0.1, -0.05) is 18.2 Å². The Bertz CT molecular complexity index is 403. The number of anilines is 1. The fraction of sp³-hybridized carbons (Fsp3) is 0.357. The van der Waals surface area contributed by atoms with Gasteiger partial charge in [0.05, 0.1) is 13.0 Å². The highest BCUT2D eigenvalue weighted by molar-refractivity contribution is 5.75. The van der Waals surface area contributed by atoms with Gasteiger partial charge in [-0.2, -0.15) is 0 Å². The normalized spacial score (nSPS) is 10.5. The number of rotatable bonds is 7. The monoisotopic (exact) mass is 248 g/mol. The molecule has 1 aromatic rings. The third kappa shape index (κ3) is 5.94. The predicted molar refractivity (Wildman–Crippen MR) is 73.4 cm³/mol. The molecule has 0 fully saturated rings. The average Bonchev–Trinajstić information content (AvgIpc) is 2.35. The molecule has 0 bridgehead atoms. The van der Waals surface area contributed by atoms with Crippen molar-refractivity contribution in [1.29, 1.82) is 0 Å². The summed E-state index contributed by atoms with van der Waals surface area (Å²) in [6, 6.07) is 7.17. The Balaban J connectivity index is 2.15. The van der Waals surface area contributed by atoms with Crippen LogP contribution in [0.5, 0.6) is 5.75 Å². The number of ether oxygens (including phenoxy) is 1. The van der Waals surface area contributed by atoms with Gasteiger partial charge in [0.25, 0.3) is 0 Å². The number of hydrogen-bond donors (Lipinski definition) is 2. The second-order valence-corrected chi connectivity index (χ2v) is 3.88. The van der Waals surface area contributed by atoms with Crippen LogP contribution < -0.4 is 15.8 Å². The third-order valence-corrected chi connectivity index (χ3v) is 2.32. The minimum absolute atomic E-state index is 0.00315. The average molecular weight is 248 g/mol. The fourth-order valence-corrected chi connectivity index (χ4v) is 1.42. The number of carbonyl (C=O) groups is 1. The summed E-state index contributed by atoms with van der Waals surface area (Å²) in [4.78, 5) is 11.4.